The highest BCUT2D eigenvalue weighted by atomic mass is 19.3. The van der Waals surface area contributed by atoms with Crippen molar-refractivity contribution >= 4 is 11.7 Å². The van der Waals surface area contributed by atoms with Gasteiger partial charge in [-0.25, -0.2) is 18.4 Å². The van der Waals surface area contributed by atoms with Crippen molar-refractivity contribution in [2.24, 2.45) is 0 Å². The number of carbonyl (C=O) groups is 1. The van der Waals surface area contributed by atoms with Gasteiger partial charge in [0, 0.05) is 30.3 Å². The summed E-state index contributed by atoms with van der Waals surface area (Å²) in [5.74, 6) is -2.86. The van der Waals surface area contributed by atoms with Crippen LogP contribution in [0.25, 0.3) is 11.3 Å². The molecule has 2 heterocycles. The summed E-state index contributed by atoms with van der Waals surface area (Å²) in [6, 6.07) is 11.5. The monoisotopic (exact) mass is 414 g/mol. The van der Waals surface area contributed by atoms with Gasteiger partial charge in [-0.15, -0.1) is 0 Å². The van der Waals surface area contributed by atoms with E-state index in [4.69, 9.17) is 4.74 Å². The average Bonchev–Trinajstić information content (AvgIpc) is 2.73. The lowest BCUT2D eigenvalue weighted by Gasteiger charge is -2.15. The van der Waals surface area contributed by atoms with Crippen LogP contribution in [0.4, 0.5) is 14.6 Å². The van der Waals surface area contributed by atoms with E-state index in [1.165, 1.54) is 25.1 Å². The van der Waals surface area contributed by atoms with Crippen molar-refractivity contribution < 1.29 is 18.3 Å². The third-order valence-electron chi connectivity index (χ3n) is 4.46. The zero-order valence-electron chi connectivity index (χ0n) is 16.6. The largest absolute Gasteiger partial charge is 0.497 e. The second-order valence-electron chi connectivity index (χ2n) is 6.72. The van der Waals surface area contributed by atoms with Crippen molar-refractivity contribution in [2.45, 2.75) is 25.8 Å². The minimum absolute atomic E-state index is 0.0943. The molecular formula is C21H20F2N4O3. The van der Waals surface area contributed by atoms with Gasteiger partial charge < -0.3 is 10.1 Å². The number of nitrogens with zero attached hydrogens (tertiary/aromatic N) is 3. The molecule has 0 fully saturated rings. The second-order valence-corrected chi connectivity index (χ2v) is 6.72. The van der Waals surface area contributed by atoms with Gasteiger partial charge in [0.05, 0.1) is 12.8 Å². The van der Waals surface area contributed by atoms with Crippen LogP contribution in [0.5, 0.6) is 5.75 Å². The highest BCUT2D eigenvalue weighted by molar-refractivity contribution is 5.92. The van der Waals surface area contributed by atoms with E-state index in [-0.39, 0.29) is 11.4 Å². The quantitative estimate of drug-likeness (QED) is 0.666. The van der Waals surface area contributed by atoms with E-state index in [2.05, 4.69) is 15.4 Å². The van der Waals surface area contributed by atoms with Crippen LogP contribution >= 0.6 is 0 Å². The molecule has 0 spiro atoms. The minimum Gasteiger partial charge on any atom is -0.497 e. The molecule has 156 valence electrons. The molecule has 0 aliphatic carbocycles. The highest BCUT2D eigenvalue weighted by Crippen LogP contribution is 2.26. The van der Waals surface area contributed by atoms with Gasteiger partial charge in [-0.1, -0.05) is 12.1 Å². The smallest absolute Gasteiger partial charge is 0.272 e. The molecule has 1 N–H and O–H groups in total. The number of aromatic nitrogens is 3. The number of amides is 1. The fourth-order valence-corrected chi connectivity index (χ4v) is 2.71. The number of hydrogen-bond acceptors (Lipinski definition) is 5. The Balaban J connectivity index is 1.82. The standard InChI is InChI=1S/C21H20F2N4O3/c1-13(20(29)25-18-9-7-15(12-24-18)21(2,22)23)27-19(28)10-8-17(26-27)14-5-4-6-16(11-14)30-3/h4-13H,1-3H3,(H,24,25,29). The Labute approximate surface area is 171 Å². The van der Waals surface area contributed by atoms with Crippen molar-refractivity contribution in [3.63, 3.8) is 0 Å². The molecular weight excluding hydrogens is 394 g/mol. The van der Waals surface area contributed by atoms with Crippen LogP contribution in [0.1, 0.15) is 25.5 Å². The molecule has 2 aromatic heterocycles. The lowest BCUT2D eigenvalue weighted by Crippen LogP contribution is -2.33. The maximum absolute atomic E-state index is 13.3. The van der Waals surface area contributed by atoms with E-state index in [9.17, 15) is 18.4 Å². The Morgan fingerprint density at radius 3 is 2.60 bits per heavy atom. The highest BCUT2D eigenvalue weighted by Gasteiger charge is 2.25. The average molecular weight is 414 g/mol. The van der Waals surface area contributed by atoms with Crippen LogP contribution in [0.2, 0.25) is 0 Å². The molecule has 0 saturated heterocycles. The van der Waals surface area contributed by atoms with E-state index in [1.807, 2.05) is 0 Å². The zero-order chi connectivity index (χ0) is 21.9. The number of methoxy groups -OCH3 is 1. The van der Waals surface area contributed by atoms with E-state index in [0.717, 1.165) is 17.8 Å². The number of halogens is 2. The third-order valence-corrected chi connectivity index (χ3v) is 4.46. The summed E-state index contributed by atoms with van der Waals surface area (Å²) < 4.78 is 32.8. The second kappa shape index (κ2) is 8.40. The predicted octanol–water partition coefficient (Wildman–Crippen LogP) is 3.63. The normalized spacial score (nSPS) is 12.3. The van der Waals surface area contributed by atoms with Crippen LogP contribution in [0.3, 0.4) is 0 Å². The summed E-state index contributed by atoms with van der Waals surface area (Å²) in [4.78, 5) is 28.7. The Morgan fingerprint density at radius 2 is 1.97 bits per heavy atom. The molecule has 0 bridgehead atoms. The fraction of sp³-hybridized carbons (Fsp3) is 0.238. The molecule has 3 aromatic rings. The number of rotatable bonds is 6. The summed E-state index contributed by atoms with van der Waals surface area (Å²) in [6.45, 7) is 2.27. The van der Waals surface area contributed by atoms with Crippen LogP contribution < -0.4 is 15.6 Å². The predicted molar refractivity (Wildman–Crippen MR) is 108 cm³/mol. The number of carbonyl (C=O) groups excluding carboxylic acids is 1. The molecule has 1 atom stereocenters. The maximum atomic E-state index is 13.3. The molecule has 1 amide bonds. The van der Waals surface area contributed by atoms with E-state index >= 15 is 0 Å². The summed E-state index contributed by atoms with van der Waals surface area (Å²) in [5, 5.41) is 6.80. The van der Waals surface area contributed by atoms with Crippen molar-refractivity contribution in [1.82, 2.24) is 14.8 Å². The molecule has 9 heteroatoms. The van der Waals surface area contributed by atoms with Gasteiger partial charge >= 0.3 is 0 Å². The Kier molecular flexibility index (Phi) is 5.91. The van der Waals surface area contributed by atoms with Crippen LogP contribution in [-0.2, 0) is 10.7 Å². The molecule has 0 saturated carbocycles. The third kappa shape index (κ3) is 4.68. The molecule has 1 unspecified atom stereocenters. The lowest BCUT2D eigenvalue weighted by atomic mass is 10.1. The van der Waals surface area contributed by atoms with Crippen molar-refractivity contribution in [3.8, 4) is 17.0 Å². The maximum Gasteiger partial charge on any atom is 0.272 e. The van der Waals surface area contributed by atoms with Gasteiger partial charge in [-0.05, 0) is 37.3 Å². The molecule has 3 rings (SSSR count). The van der Waals surface area contributed by atoms with E-state index in [1.54, 1.807) is 37.4 Å². The lowest BCUT2D eigenvalue weighted by molar-refractivity contribution is -0.119. The Hall–Kier alpha value is -3.62. The van der Waals surface area contributed by atoms with Gasteiger partial charge in [0.15, 0.2) is 0 Å². The minimum atomic E-state index is -3.03. The number of hydrogen-bond donors (Lipinski definition) is 1. The van der Waals surface area contributed by atoms with Gasteiger partial charge in [-0.3, -0.25) is 9.59 Å². The fourth-order valence-electron chi connectivity index (χ4n) is 2.71. The first kappa shape index (κ1) is 21.1. The summed E-state index contributed by atoms with van der Waals surface area (Å²) in [6.07, 6.45) is 0.994. The van der Waals surface area contributed by atoms with Gasteiger partial charge in [0.2, 0.25) is 5.91 Å². The first-order valence-corrected chi connectivity index (χ1v) is 9.08. The summed E-state index contributed by atoms with van der Waals surface area (Å²) in [5.41, 5.74) is 0.477. The Bertz CT molecular complexity index is 1110. The van der Waals surface area contributed by atoms with Gasteiger partial charge in [0.1, 0.15) is 17.6 Å². The van der Waals surface area contributed by atoms with E-state index < -0.39 is 23.4 Å². The number of nitrogens with one attached hydrogen (secondary N) is 1. The first-order valence-electron chi connectivity index (χ1n) is 9.08. The topological polar surface area (TPSA) is 86.1 Å². The molecule has 7 nitrogen and oxygen atoms in total. The molecule has 0 radical (unpaired) electrons. The van der Waals surface area contributed by atoms with Crippen LogP contribution in [0, 0.1) is 0 Å². The van der Waals surface area contributed by atoms with Crippen molar-refractivity contribution in [3.05, 3.63) is 70.6 Å². The van der Waals surface area contributed by atoms with Gasteiger partial charge in [0.25, 0.3) is 11.5 Å². The zero-order valence-corrected chi connectivity index (χ0v) is 16.6. The van der Waals surface area contributed by atoms with E-state index in [0.29, 0.717) is 17.0 Å². The summed E-state index contributed by atoms with van der Waals surface area (Å²) in [7, 11) is 1.54. The van der Waals surface area contributed by atoms with Crippen molar-refractivity contribution in [1.29, 1.82) is 0 Å². The summed E-state index contributed by atoms with van der Waals surface area (Å²) >= 11 is 0. The number of pyridine rings is 1. The SMILES string of the molecule is COc1cccc(-c2ccc(=O)n(C(C)C(=O)Nc3ccc(C(C)(F)F)cn3)n2)c1. The van der Waals surface area contributed by atoms with Gasteiger partial charge in [-0.2, -0.15) is 5.10 Å². The Morgan fingerprint density at radius 1 is 1.20 bits per heavy atom. The van der Waals surface area contributed by atoms with Crippen LogP contribution in [-0.4, -0.2) is 27.8 Å². The molecule has 0 aliphatic heterocycles. The number of benzene rings is 1. The number of anilines is 1. The number of alkyl halides is 2. The van der Waals surface area contributed by atoms with Crippen LogP contribution in [0.15, 0.2) is 59.5 Å². The van der Waals surface area contributed by atoms with Crippen molar-refractivity contribution in [2.75, 3.05) is 12.4 Å². The molecule has 0 aliphatic rings. The first-order chi connectivity index (χ1) is 14.2. The molecule has 1 aromatic carbocycles. The number of ether oxygens (including phenoxy) is 1. The molecule has 30 heavy (non-hydrogen) atoms.